The summed E-state index contributed by atoms with van der Waals surface area (Å²) in [7, 11) is -3.55. The predicted octanol–water partition coefficient (Wildman–Crippen LogP) is 0.843. The maximum Gasteiger partial charge on any atom is 0.302 e. The third-order valence-electron chi connectivity index (χ3n) is 3.44. The molecule has 2 rings (SSSR count). The van der Waals surface area contributed by atoms with Crippen LogP contribution in [0.5, 0.6) is 0 Å². The van der Waals surface area contributed by atoms with Gasteiger partial charge in [0.05, 0.1) is 0 Å². The molecule has 2 N–H and O–H groups in total. The number of hydrogen-bond donors (Lipinski definition) is 2. The van der Waals surface area contributed by atoms with Gasteiger partial charge in [0, 0.05) is 25.3 Å². The molecule has 7 nitrogen and oxygen atoms in total. The molecule has 1 unspecified atom stereocenters. The summed E-state index contributed by atoms with van der Waals surface area (Å²) in [4.78, 5) is 0. The quantitative estimate of drug-likeness (QED) is 0.813. The van der Waals surface area contributed by atoms with Gasteiger partial charge >= 0.3 is 10.2 Å². The fourth-order valence-electron chi connectivity index (χ4n) is 2.37. The first-order chi connectivity index (χ1) is 9.97. The Morgan fingerprint density at radius 2 is 2.29 bits per heavy atom. The molecule has 1 aliphatic rings. The molecule has 1 aromatic rings. The lowest BCUT2D eigenvalue weighted by atomic mass is 9.99. The minimum absolute atomic E-state index is 0.250. The number of aromatic nitrogens is 2. The topological polar surface area (TPSA) is 87.2 Å². The lowest BCUT2D eigenvalue weighted by Crippen LogP contribution is -2.45. The van der Waals surface area contributed by atoms with Gasteiger partial charge in [-0.15, -0.1) is 5.10 Å². The van der Waals surface area contributed by atoms with Crippen molar-refractivity contribution in [2.75, 3.05) is 24.4 Å². The Morgan fingerprint density at radius 1 is 1.48 bits per heavy atom. The van der Waals surface area contributed by atoms with Crippen LogP contribution in [0.3, 0.4) is 0 Å². The van der Waals surface area contributed by atoms with E-state index in [-0.39, 0.29) is 5.82 Å². The van der Waals surface area contributed by atoms with Crippen LogP contribution in [0.25, 0.3) is 0 Å². The van der Waals surface area contributed by atoms with E-state index in [0.29, 0.717) is 25.0 Å². The molecule has 0 aromatic carbocycles. The van der Waals surface area contributed by atoms with Gasteiger partial charge in [0.1, 0.15) is 0 Å². The van der Waals surface area contributed by atoms with Gasteiger partial charge in [-0.3, -0.25) is 4.72 Å². The van der Waals surface area contributed by atoms with Crippen LogP contribution >= 0.6 is 0 Å². The molecule has 0 spiro atoms. The van der Waals surface area contributed by atoms with E-state index >= 15 is 0 Å². The molecule has 1 atom stereocenters. The zero-order chi connectivity index (χ0) is 15.3. The standard InChI is InChI=1S/C13H23N5O2S/c1-11(2)14-9-12-5-4-8-18(10-12)21(19,20)17-13-6-3-7-15-16-13/h3,6-7,11-12,14H,4-5,8-10H2,1-2H3,(H,16,17). The number of anilines is 1. The van der Waals surface area contributed by atoms with Crippen molar-refractivity contribution in [1.82, 2.24) is 19.8 Å². The fraction of sp³-hybridized carbons (Fsp3) is 0.692. The van der Waals surface area contributed by atoms with Crippen LogP contribution in [0, 0.1) is 5.92 Å². The van der Waals surface area contributed by atoms with E-state index < -0.39 is 10.2 Å². The maximum atomic E-state index is 12.4. The smallest absolute Gasteiger partial charge is 0.302 e. The first-order valence-electron chi connectivity index (χ1n) is 7.26. The Kier molecular flexibility index (Phi) is 5.49. The van der Waals surface area contributed by atoms with Gasteiger partial charge in [0.2, 0.25) is 0 Å². The van der Waals surface area contributed by atoms with Crippen molar-refractivity contribution in [1.29, 1.82) is 0 Å². The molecule has 1 saturated heterocycles. The van der Waals surface area contributed by atoms with Gasteiger partial charge in [-0.05, 0) is 37.4 Å². The molecular weight excluding hydrogens is 290 g/mol. The zero-order valence-corrected chi connectivity index (χ0v) is 13.3. The molecule has 8 heteroatoms. The predicted molar refractivity (Wildman–Crippen MR) is 82.0 cm³/mol. The van der Waals surface area contributed by atoms with Gasteiger partial charge in [-0.25, -0.2) is 0 Å². The molecule has 0 radical (unpaired) electrons. The molecule has 0 aliphatic carbocycles. The maximum absolute atomic E-state index is 12.4. The molecule has 1 aromatic heterocycles. The molecule has 1 fully saturated rings. The molecule has 0 bridgehead atoms. The number of nitrogens with zero attached hydrogens (tertiary/aromatic N) is 3. The average Bonchev–Trinajstić information content (AvgIpc) is 2.46. The van der Waals surface area contributed by atoms with E-state index in [9.17, 15) is 8.42 Å². The first-order valence-corrected chi connectivity index (χ1v) is 8.70. The Morgan fingerprint density at radius 3 is 2.95 bits per heavy atom. The normalized spacial score (nSPS) is 20.6. The molecule has 1 aliphatic heterocycles. The molecular formula is C13H23N5O2S. The van der Waals surface area contributed by atoms with Crippen LogP contribution in [0.4, 0.5) is 5.82 Å². The van der Waals surface area contributed by atoms with Crippen LogP contribution in [-0.4, -0.2) is 48.6 Å². The molecule has 2 heterocycles. The molecule has 0 amide bonds. The Balaban J connectivity index is 1.96. The monoisotopic (exact) mass is 313 g/mol. The van der Waals surface area contributed by atoms with Crippen LogP contribution in [-0.2, 0) is 10.2 Å². The van der Waals surface area contributed by atoms with Crippen molar-refractivity contribution in [3.63, 3.8) is 0 Å². The van der Waals surface area contributed by atoms with Gasteiger partial charge in [-0.1, -0.05) is 13.8 Å². The molecule has 118 valence electrons. The molecule has 21 heavy (non-hydrogen) atoms. The summed E-state index contributed by atoms with van der Waals surface area (Å²) in [6.07, 6.45) is 3.44. The largest absolute Gasteiger partial charge is 0.314 e. The lowest BCUT2D eigenvalue weighted by Gasteiger charge is -2.32. The Hall–Kier alpha value is -1.25. The van der Waals surface area contributed by atoms with Gasteiger partial charge in [0.15, 0.2) is 5.82 Å². The van der Waals surface area contributed by atoms with E-state index in [4.69, 9.17) is 0 Å². The van der Waals surface area contributed by atoms with Crippen LogP contribution in [0.2, 0.25) is 0 Å². The van der Waals surface area contributed by atoms with Gasteiger partial charge < -0.3 is 5.32 Å². The minimum atomic E-state index is -3.55. The van der Waals surface area contributed by atoms with Crippen LogP contribution < -0.4 is 10.0 Å². The fourth-order valence-corrected chi connectivity index (χ4v) is 3.65. The van der Waals surface area contributed by atoms with E-state index in [2.05, 4.69) is 34.1 Å². The van der Waals surface area contributed by atoms with E-state index in [1.807, 2.05) is 0 Å². The van der Waals surface area contributed by atoms with Crippen molar-refractivity contribution >= 4 is 16.0 Å². The number of rotatable bonds is 6. The SMILES string of the molecule is CC(C)NCC1CCCN(S(=O)(=O)Nc2cccnn2)C1. The number of hydrogen-bond acceptors (Lipinski definition) is 5. The second kappa shape index (κ2) is 7.15. The third kappa shape index (κ3) is 4.90. The highest BCUT2D eigenvalue weighted by atomic mass is 32.2. The Labute approximate surface area is 126 Å². The van der Waals surface area contributed by atoms with E-state index in [0.717, 1.165) is 19.4 Å². The minimum Gasteiger partial charge on any atom is -0.314 e. The van der Waals surface area contributed by atoms with Crippen molar-refractivity contribution in [3.05, 3.63) is 18.3 Å². The highest BCUT2D eigenvalue weighted by Gasteiger charge is 2.29. The summed E-state index contributed by atoms with van der Waals surface area (Å²) in [6, 6.07) is 3.65. The molecule has 0 saturated carbocycles. The summed E-state index contributed by atoms with van der Waals surface area (Å²) in [5, 5.41) is 10.8. The van der Waals surface area contributed by atoms with Crippen LogP contribution in [0.15, 0.2) is 18.3 Å². The summed E-state index contributed by atoms with van der Waals surface area (Å²) < 4.78 is 28.7. The highest BCUT2D eigenvalue weighted by Crippen LogP contribution is 2.19. The summed E-state index contributed by atoms with van der Waals surface area (Å²) in [5.74, 6) is 0.597. The lowest BCUT2D eigenvalue weighted by molar-refractivity contribution is 0.257. The second-order valence-corrected chi connectivity index (χ2v) is 7.32. The summed E-state index contributed by atoms with van der Waals surface area (Å²) in [5.41, 5.74) is 0. The van der Waals surface area contributed by atoms with E-state index in [1.165, 1.54) is 10.5 Å². The van der Waals surface area contributed by atoms with Crippen molar-refractivity contribution < 1.29 is 8.42 Å². The summed E-state index contributed by atoms with van der Waals surface area (Å²) >= 11 is 0. The Bertz CT molecular complexity index is 535. The third-order valence-corrected chi connectivity index (χ3v) is 4.92. The van der Waals surface area contributed by atoms with Crippen molar-refractivity contribution in [2.45, 2.75) is 32.7 Å². The van der Waals surface area contributed by atoms with Crippen LogP contribution in [0.1, 0.15) is 26.7 Å². The first kappa shape index (κ1) is 16.1. The van der Waals surface area contributed by atoms with Crippen molar-refractivity contribution in [3.8, 4) is 0 Å². The highest BCUT2D eigenvalue weighted by molar-refractivity contribution is 7.90. The second-order valence-electron chi connectivity index (χ2n) is 5.65. The van der Waals surface area contributed by atoms with Crippen molar-refractivity contribution in [2.24, 2.45) is 5.92 Å². The zero-order valence-electron chi connectivity index (χ0n) is 12.5. The van der Waals surface area contributed by atoms with Gasteiger partial charge in [-0.2, -0.15) is 17.8 Å². The van der Waals surface area contributed by atoms with E-state index in [1.54, 1.807) is 12.1 Å². The average molecular weight is 313 g/mol. The summed E-state index contributed by atoms with van der Waals surface area (Å²) in [6.45, 7) is 6.11. The van der Waals surface area contributed by atoms with Gasteiger partial charge in [0.25, 0.3) is 0 Å². The number of nitrogens with one attached hydrogen (secondary N) is 2. The number of piperidine rings is 1.